The van der Waals surface area contributed by atoms with Gasteiger partial charge in [-0.05, 0) is 24.1 Å². The molecule has 1 aromatic carbocycles. The lowest BCUT2D eigenvalue weighted by molar-refractivity contribution is 0.317. The highest BCUT2D eigenvalue weighted by molar-refractivity contribution is 5.85. The molecule has 1 N–H and O–H groups in total. The third-order valence-corrected chi connectivity index (χ3v) is 2.38. The lowest BCUT2D eigenvalue weighted by Crippen LogP contribution is -2.27. The maximum Gasteiger partial charge on any atom is 0.186 e. The number of methoxy groups -OCH3 is 1. The molecule has 0 aliphatic carbocycles. The van der Waals surface area contributed by atoms with Crippen molar-refractivity contribution >= 4 is 18.3 Å². The van der Waals surface area contributed by atoms with E-state index in [1.165, 1.54) is 19.2 Å². The molecule has 0 fully saturated rings. The molecular weight excluding hydrogens is 229 g/mol. The van der Waals surface area contributed by atoms with Gasteiger partial charge < -0.3 is 4.74 Å². The Kier molecular flexibility index (Phi) is 5.45. The summed E-state index contributed by atoms with van der Waals surface area (Å²) in [6, 6.07) is 6.34. The Morgan fingerprint density at radius 3 is 2.25 bits per heavy atom. The van der Waals surface area contributed by atoms with Crippen LogP contribution in [0.5, 0.6) is 0 Å². The van der Waals surface area contributed by atoms with Crippen LogP contribution in [0.4, 0.5) is 4.39 Å². The van der Waals surface area contributed by atoms with Gasteiger partial charge in [0.25, 0.3) is 0 Å². The number of rotatable bonds is 3. The Morgan fingerprint density at radius 1 is 1.31 bits per heavy atom. The largest absolute Gasteiger partial charge is 0.484 e. The Balaban J connectivity index is 0.00000225. The minimum absolute atomic E-state index is 0. The Bertz CT molecular complexity index is 349. The summed E-state index contributed by atoms with van der Waals surface area (Å²) in [5, 5.41) is 7.64. The van der Waals surface area contributed by atoms with Gasteiger partial charge in [-0.1, -0.05) is 26.0 Å². The molecule has 0 spiro atoms. The number of halogens is 2. The topological polar surface area (TPSA) is 33.1 Å². The predicted molar refractivity (Wildman–Crippen MR) is 65.9 cm³/mol. The van der Waals surface area contributed by atoms with E-state index in [4.69, 9.17) is 10.1 Å². The molecule has 0 aliphatic heterocycles. The first-order valence-corrected chi connectivity index (χ1v) is 4.83. The fourth-order valence-corrected chi connectivity index (χ4v) is 1.47. The monoisotopic (exact) mass is 245 g/mol. The summed E-state index contributed by atoms with van der Waals surface area (Å²) in [6.07, 6.45) is 0.667. The van der Waals surface area contributed by atoms with E-state index in [2.05, 4.69) is 0 Å². The quantitative estimate of drug-likeness (QED) is 0.642. The summed E-state index contributed by atoms with van der Waals surface area (Å²) in [5.74, 6) is 0.00481. The van der Waals surface area contributed by atoms with Crippen LogP contribution < -0.4 is 0 Å². The van der Waals surface area contributed by atoms with Crippen LogP contribution in [-0.4, -0.2) is 13.0 Å². The zero-order chi connectivity index (χ0) is 11.5. The Hall–Kier alpha value is -1.09. The van der Waals surface area contributed by atoms with E-state index in [-0.39, 0.29) is 29.5 Å². The van der Waals surface area contributed by atoms with Crippen molar-refractivity contribution in [2.45, 2.75) is 20.3 Å². The molecule has 2 nitrogen and oxygen atoms in total. The smallest absolute Gasteiger partial charge is 0.186 e. The van der Waals surface area contributed by atoms with E-state index >= 15 is 0 Å². The molecule has 0 saturated heterocycles. The van der Waals surface area contributed by atoms with Gasteiger partial charge in [-0.25, -0.2) is 4.39 Å². The summed E-state index contributed by atoms with van der Waals surface area (Å²) in [6.45, 7) is 3.87. The molecule has 4 heteroatoms. The number of benzene rings is 1. The summed E-state index contributed by atoms with van der Waals surface area (Å²) in [7, 11) is 1.49. The van der Waals surface area contributed by atoms with Gasteiger partial charge >= 0.3 is 0 Å². The molecule has 0 atom stereocenters. The van der Waals surface area contributed by atoms with E-state index < -0.39 is 0 Å². The first-order chi connectivity index (χ1) is 6.95. The average molecular weight is 246 g/mol. The lowest BCUT2D eigenvalue weighted by atomic mass is 9.85. The van der Waals surface area contributed by atoms with Gasteiger partial charge in [-0.2, -0.15) is 0 Å². The van der Waals surface area contributed by atoms with Crippen LogP contribution >= 0.6 is 12.4 Å². The van der Waals surface area contributed by atoms with Crippen molar-refractivity contribution in [2.75, 3.05) is 7.11 Å². The van der Waals surface area contributed by atoms with Crippen LogP contribution in [0.1, 0.15) is 19.4 Å². The van der Waals surface area contributed by atoms with Gasteiger partial charge in [-0.3, -0.25) is 5.41 Å². The first kappa shape index (κ1) is 14.9. The van der Waals surface area contributed by atoms with Gasteiger partial charge in [-0.15, -0.1) is 12.4 Å². The molecule has 0 unspecified atom stereocenters. The van der Waals surface area contributed by atoms with Crippen molar-refractivity contribution in [3.63, 3.8) is 0 Å². The third-order valence-electron chi connectivity index (χ3n) is 2.38. The van der Waals surface area contributed by atoms with Crippen LogP contribution in [0.2, 0.25) is 0 Å². The van der Waals surface area contributed by atoms with Gasteiger partial charge in [0.05, 0.1) is 7.11 Å². The zero-order valence-electron chi connectivity index (χ0n) is 9.71. The second kappa shape index (κ2) is 5.85. The van der Waals surface area contributed by atoms with E-state index in [0.29, 0.717) is 6.42 Å². The number of nitrogens with one attached hydrogen (secondary N) is 1. The molecule has 16 heavy (non-hydrogen) atoms. The normalized spacial score (nSPS) is 10.5. The van der Waals surface area contributed by atoms with Crippen molar-refractivity contribution in [3.8, 4) is 0 Å². The zero-order valence-corrected chi connectivity index (χ0v) is 10.5. The van der Waals surface area contributed by atoms with Gasteiger partial charge in [0.1, 0.15) is 5.82 Å². The molecule has 0 heterocycles. The molecule has 0 bridgehead atoms. The van der Waals surface area contributed by atoms with Crippen molar-refractivity contribution in [2.24, 2.45) is 5.41 Å². The second-order valence-electron chi connectivity index (χ2n) is 4.22. The number of hydrogen-bond donors (Lipinski definition) is 1. The summed E-state index contributed by atoms with van der Waals surface area (Å²) >= 11 is 0. The molecule has 90 valence electrons. The van der Waals surface area contributed by atoms with Crippen LogP contribution in [0.3, 0.4) is 0 Å². The molecular formula is C12H17ClFNO. The van der Waals surface area contributed by atoms with Crippen molar-refractivity contribution in [3.05, 3.63) is 35.6 Å². The second-order valence-corrected chi connectivity index (χ2v) is 4.22. The van der Waals surface area contributed by atoms with Crippen molar-refractivity contribution < 1.29 is 9.13 Å². The summed E-state index contributed by atoms with van der Waals surface area (Å²) in [5.41, 5.74) is 0.648. The number of ether oxygens (including phenoxy) is 1. The SMILES string of the molecule is COC(=N)C(C)(C)Cc1ccc(F)cc1.Cl. The van der Waals surface area contributed by atoms with Crippen LogP contribution in [-0.2, 0) is 11.2 Å². The van der Waals surface area contributed by atoms with Crippen LogP contribution in [0.25, 0.3) is 0 Å². The highest BCUT2D eigenvalue weighted by Gasteiger charge is 2.25. The molecule has 0 saturated carbocycles. The Morgan fingerprint density at radius 2 is 1.81 bits per heavy atom. The molecule has 1 aromatic rings. The third kappa shape index (κ3) is 3.81. The van der Waals surface area contributed by atoms with Crippen molar-refractivity contribution in [1.29, 1.82) is 5.41 Å². The Labute approximate surface area is 102 Å². The summed E-state index contributed by atoms with van der Waals surface area (Å²) < 4.78 is 17.6. The lowest BCUT2D eigenvalue weighted by Gasteiger charge is -2.24. The van der Waals surface area contributed by atoms with E-state index in [1.807, 2.05) is 13.8 Å². The highest BCUT2D eigenvalue weighted by Crippen LogP contribution is 2.23. The standard InChI is InChI=1S/C12H16FNO.ClH/c1-12(2,11(14)15-3)8-9-4-6-10(13)7-5-9;/h4-7,14H,8H2,1-3H3;1H. The van der Waals surface area contributed by atoms with Crippen LogP contribution in [0.15, 0.2) is 24.3 Å². The predicted octanol–water partition coefficient (Wildman–Crippen LogP) is 3.44. The molecule has 0 radical (unpaired) electrons. The van der Waals surface area contributed by atoms with E-state index in [0.717, 1.165) is 5.56 Å². The first-order valence-electron chi connectivity index (χ1n) is 4.83. The molecule has 0 amide bonds. The van der Waals surface area contributed by atoms with Gasteiger partial charge in [0.15, 0.2) is 5.90 Å². The molecule has 1 rings (SSSR count). The van der Waals surface area contributed by atoms with Gasteiger partial charge in [0.2, 0.25) is 0 Å². The van der Waals surface area contributed by atoms with Gasteiger partial charge in [0, 0.05) is 5.41 Å². The molecule has 0 aliphatic rings. The van der Waals surface area contributed by atoms with E-state index in [1.54, 1.807) is 12.1 Å². The average Bonchev–Trinajstić information content (AvgIpc) is 2.20. The number of hydrogen-bond acceptors (Lipinski definition) is 2. The fourth-order valence-electron chi connectivity index (χ4n) is 1.47. The molecule has 0 aromatic heterocycles. The maximum absolute atomic E-state index is 12.7. The summed E-state index contributed by atoms with van der Waals surface area (Å²) in [4.78, 5) is 0. The highest BCUT2D eigenvalue weighted by atomic mass is 35.5. The van der Waals surface area contributed by atoms with Crippen molar-refractivity contribution in [1.82, 2.24) is 0 Å². The minimum atomic E-state index is -0.355. The maximum atomic E-state index is 12.7. The fraction of sp³-hybridized carbons (Fsp3) is 0.417. The van der Waals surface area contributed by atoms with E-state index in [9.17, 15) is 4.39 Å². The minimum Gasteiger partial charge on any atom is -0.484 e. The van der Waals surface area contributed by atoms with Crippen LogP contribution in [0, 0.1) is 16.6 Å².